The van der Waals surface area contributed by atoms with Gasteiger partial charge in [-0.2, -0.15) is 0 Å². The third-order valence-electron chi connectivity index (χ3n) is 3.05. The number of fused-ring (bicyclic) bond motifs is 1. The second-order valence-electron chi connectivity index (χ2n) is 4.74. The monoisotopic (exact) mass is 263 g/mol. The van der Waals surface area contributed by atoms with Crippen molar-refractivity contribution in [3.63, 3.8) is 0 Å². The van der Waals surface area contributed by atoms with E-state index in [9.17, 15) is 9.59 Å². The number of methoxy groups -OCH3 is 1. The molecule has 0 bridgehead atoms. The number of benzene rings is 1. The molecular weight excluding hydrogens is 246 g/mol. The Balaban J connectivity index is 2.48. The number of amides is 1. The topological polar surface area (TPSA) is 55.8 Å². The molecule has 5 nitrogen and oxygen atoms in total. The molecule has 102 valence electrons. The zero-order valence-electron chi connectivity index (χ0n) is 11.5. The molecule has 1 aliphatic heterocycles. The minimum Gasteiger partial charge on any atom is -0.479 e. The Morgan fingerprint density at radius 3 is 2.68 bits per heavy atom. The van der Waals surface area contributed by atoms with Crippen molar-refractivity contribution in [2.75, 3.05) is 12.0 Å². The first-order valence-electron chi connectivity index (χ1n) is 6.17. The number of nitrogens with zero attached hydrogens (tertiary/aromatic N) is 1. The van der Waals surface area contributed by atoms with Gasteiger partial charge in [0.1, 0.15) is 5.75 Å². The summed E-state index contributed by atoms with van der Waals surface area (Å²) in [5.41, 5.74) is 1.09. The first-order chi connectivity index (χ1) is 8.95. The highest BCUT2D eigenvalue weighted by molar-refractivity contribution is 6.01. The molecule has 0 fully saturated rings. The van der Waals surface area contributed by atoms with Crippen LogP contribution in [0.15, 0.2) is 18.2 Å². The van der Waals surface area contributed by atoms with Gasteiger partial charge in [0.25, 0.3) is 5.91 Å². The van der Waals surface area contributed by atoms with E-state index < -0.39 is 12.1 Å². The number of ether oxygens (including phenoxy) is 2. The summed E-state index contributed by atoms with van der Waals surface area (Å²) in [6, 6.07) is 4.99. The molecule has 0 spiro atoms. The number of carbonyl (C=O) groups is 2. The average molecular weight is 263 g/mol. The molecule has 0 radical (unpaired) electrons. The molecule has 0 aromatic heterocycles. The summed E-state index contributed by atoms with van der Waals surface area (Å²) in [6.07, 6.45) is -0.553. The van der Waals surface area contributed by atoms with Gasteiger partial charge in [0.15, 0.2) is 6.10 Å². The van der Waals surface area contributed by atoms with E-state index >= 15 is 0 Å². The quantitative estimate of drug-likeness (QED) is 0.766. The number of hydrogen-bond donors (Lipinski definition) is 0. The SMILES string of the molecule is COC(=O)c1ccc2c(c1)OC(C)C(=O)N2C(C)C. The van der Waals surface area contributed by atoms with Gasteiger partial charge in [-0.3, -0.25) is 4.79 Å². The van der Waals surface area contributed by atoms with Gasteiger partial charge in [-0.25, -0.2) is 4.79 Å². The largest absolute Gasteiger partial charge is 0.479 e. The van der Waals surface area contributed by atoms with Gasteiger partial charge in [-0.1, -0.05) is 0 Å². The Morgan fingerprint density at radius 2 is 2.11 bits per heavy atom. The predicted molar refractivity (Wildman–Crippen MR) is 70.5 cm³/mol. The van der Waals surface area contributed by atoms with E-state index in [4.69, 9.17) is 4.74 Å². The minimum atomic E-state index is -0.553. The average Bonchev–Trinajstić information content (AvgIpc) is 2.38. The lowest BCUT2D eigenvalue weighted by Crippen LogP contribution is -2.47. The van der Waals surface area contributed by atoms with Crippen LogP contribution in [0.4, 0.5) is 5.69 Å². The summed E-state index contributed by atoms with van der Waals surface area (Å²) in [6.45, 7) is 5.58. The van der Waals surface area contributed by atoms with Crippen LogP contribution in [0.2, 0.25) is 0 Å². The van der Waals surface area contributed by atoms with Gasteiger partial charge < -0.3 is 14.4 Å². The van der Waals surface area contributed by atoms with E-state index in [2.05, 4.69) is 4.74 Å². The van der Waals surface area contributed by atoms with Gasteiger partial charge in [0, 0.05) is 6.04 Å². The molecule has 0 aliphatic carbocycles. The maximum Gasteiger partial charge on any atom is 0.337 e. The van der Waals surface area contributed by atoms with E-state index in [1.807, 2.05) is 13.8 Å². The van der Waals surface area contributed by atoms with Crippen LogP contribution >= 0.6 is 0 Å². The fourth-order valence-electron chi connectivity index (χ4n) is 2.14. The maximum atomic E-state index is 12.1. The Bertz CT molecular complexity index is 524. The Hall–Kier alpha value is -2.04. The maximum absolute atomic E-state index is 12.1. The molecule has 0 saturated carbocycles. The van der Waals surface area contributed by atoms with E-state index in [0.717, 1.165) is 0 Å². The molecule has 0 saturated heterocycles. The summed E-state index contributed by atoms with van der Waals surface area (Å²) in [7, 11) is 1.33. The lowest BCUT2D eigenvalue weighted by Gasteiger charge is -2.35. The number of carbonyl (C=O) groups excluding carboxylic acids is 2. The van der Waals surface area contributed by atoms with E-state index in [1.54, 1.807) is 30.0 Å². The summed E-state index contributed by atoms with van der Waals surface area (Å²) in [5, 5.41) is 0. The van der Waals surface area contributed by atoms with Gasteiger partial charge >= 0.3 is 5.97 Å². The van der Waals surface area contributed by atoms with Crippen molar-refractivity contribution in [1.29, 1.82) is 0 Å². The first-order valence-corrected chi connectivity index (χ1v) is 6.17. The highest BCUT2D eigenvalue weighted by atomic mass is 16.5. The zero-order chi connectivity index (χ0) is 14.2. The number of hydrogen-bond acceptors (Lipinski definition) is 4. The van der Waals surface area contributed by atoms with Crippen molar-refractivity contribution < 1.29 is 19.1 Å². The van der Waals surface area contributed by atoms with Gasteiger partial charge in [-0.15, -0.1) is 0 Å². The van der Waals surface area contributed by atoms with Crippen molar-refractivity contribution >= 4 is 17.6 Å². The normalized spacial score (nSPS) is 18.1. The summed E-state index contributed by atoms with van der Waals surface area (Å²) < 4.78 is 10.2. The smallest absolute Gasteiger partial charge is 0.337 e. The molecule has 19 heavy (non-hydrogen) atoms. The molecule has 1 aromatic carbocycles. The van der Waals surface area contributed by atoms with Crippen LogP contribution in [0.1, 0.15) is 31.1 Å². The molecule has 5 heteroatoms. The van der Waals surface area contributed by atoms with E-state index in [-0.39, 0.29) is 11.9 Å². The minimum absolute atomic E-state index is 0.0292. The van der Waals surface area contributed by atoms with Crippen molar-refractivity contribution in [1.82, 2.24) is 0 Å². The standard InChI is InChI=1S/C14H17NO4/c1-8(2)15-11-6-5-10(14(17)18-4)7-12(11)19-9(3)13(15)16/h5-9H,1-4H3. The Labute approximate surface area is 112 Å². The first kappa shape index (κ1) is 13.4. The Morgan fingerprint density at radius 1 is 1.42 bits per heavy atom. The van der Waals surface area contributed by atoms with Crippen LogP contribution in [-0.2, 0) is 9.53 Å². The molecule has 1 atom stereocenters. The number of rotatable bonds is 2. The van der Waals surface area contributed by atoms with Crippen LogP contribution in [0.5, 0.6) is 5.75 Å². The third kappa shape index (κ3) is 2.28. The van der Waals surface area contributed by atoms with Crippen molar-refractivity contribution in [2.24, 2.45) is 0 Å². The van der Waals surface area contributed by atoms with Gasteiger partial charge in [0.2, 0.25) is 0 Å². The predicted octanol–water partition coefficient (Wildman–Crippen LogP) is 2.00. The van der Waals surface area contributed by atoms with Crippen molar-refractivity contribution in [3.8, 4) is 5.75 Å². The highest BCUT2D eigenvalue weighted by Gasteiger charge is 2.33. The molecule has 1 unspecified atom stereocenters. The summed E-state index contributed by atoms with van der Waals surface area (Å²) >= 11 is 0. The van der Waals surface area contributed by atoms with Crippen LogP contribution in [0, 0.1) is 0 Å². The Kier molecular flexibility index (Phi) is 3.46. The highest BCUT2D eigenvalue weighted by Crippen LogP contribution is 2.36. The van der Waals surface area contributed by atoms with Crippen molar-refractivity contribution in [2.45, 2.75) is 32.9 Å². The fourth-order valence-corrected chi connectivity index (χ4v) is 2.14. The number of esters is 1. The second kappa shape index (κ2) is 4.91. The molecule has 0 N–H and O–H groups in total. The van der Waals surface area contributed by atoms with E-state index in [1.165, 1.54) is 7.11 Å². The molecule has 1 amide bonds. The van der Waals surface area contributed by atoms with Crippen LogP contribution in [0.3, 0.4) is 0 Å². The summed E-state index contributed by atoms with van der Waals surface area (Å²) in [5.74, 6) is 0.0315. The molecular formula is C14H17NO4. The molecule has 1 aliphatic rings. The van der Waals surface area contributed by atoms with E-state index in [0.29, 0.717) is 17.0 Å². The number of anilines is 1. The van der Waals surface area contributed by atoms with Crippen molar-refractivity contribution in [3.05, 3.63) is 23.8 Å². The molecule has 1 heterocycles. The van der Waals surface area contributed by atoms with Crippen LogP contribution in [-0.4, -0.2) is 31.1 Å². The third-order valence-corrected chi connectivity index (χ3v) is 3.05. The lowest BCUT2D eigenvalue weighted by molar-refractivity contribution is -0.125. The second-order valence-corrected chi connectivity index (χ2v) is 4.74. The summed E-state index contributed by atoms with van der Waals surface area (Å²) in [4.78, 5) is 25.3. The zero-order valence-corrected chi connectivity index (χ0v) is 11.5. The lowest BCUT2D eigenvalue weighted by atomic mass is 10.1. The molecule has 2 rings (SSSR count). The van der Waals surface area contributed by atoms with Crippen LogP contribution in [0.25, 0.3) is 0 Å². The van der Waals surface area contributed by atoms with Crippen LogP contribution < -0.4 is 9.64 Å². The molecule has 1 aromatic rings. The van der Waals surface area contributed by atoms with Gasteiger partial charge in [-0.05, 0) is 39.0 Å². The van der Waals surface area contributed by atoms with Gasteiger partial charge in [0.05, 0.1) is 18.4 Å². The fraction of sp³-hybridized carbons (Fsp3) is 0.429.